The number of nitrogens with one attached hydrogen (secondary N) is 2. The van der Waals surface area contributed by atoms with E-state index in [0.29, 0.717) is 5.69 Å². The molecule has 29 heavy (non-hydrogen) atoms. The Balaban J connectivity index is 0.00000145. The molecule has 1 saturated heterocycles. The molecule has 1 fully saturated rings. The quantitative estimate of drug-likeness (QED) is 0.802. The van der Waals surface area contributed by atoms with Gasteiger partial charge >= 0.3 is 6.36 Å². The van der Waals surface area contributed by atoms with Crippen molar-refractivity contribution in [1.82, 2.24) is 15.2 Å². The Morgan fingerprint density at radius 1 is 1.21 bits per heavy atom. The highest BCUT2D eigenvalue weighted by Crippen LogP contribution is 2.24. The third-order valence-corrected chi connectivity index (χ3v) is 4.52. The van der Waals surface area contributed by atoms with Crippen molar-refractivity contribution in [3.8, 4) is 0 Å². The topological polar surface area (TPSA) is 74.4 Å². The molecule has 1 aromatic carbocycles. The Hall–Kier alpha value is -2.55. The lowest BCUT2D eigenvalue weighted by Gasteiger charge is -2.32. The lowest BCUT2D eigenvalue weighted by Crippen LogP contribution is -2.46. The number of hydrogen-bond donors (Lipinski definition) is 2. The summed E-state index contributed by atoms with van der Waals surface area (Å²) in [4.78, 5) is 28.8. The van der Waals surface area contributed by atoms with E-state index in [4.69, 9.17) is 0 Å². The molecule has 0 unspecified atom stereocenters. The summed E-state index contributed by atoms with van der Waals surface area (Å²) in [5.74, 6) is -0.742. The van der Waals surface area contributed by atoms with E-state index >= 15 is 0 Å². The van der Waals surface area contributed by atoms with Gasteiger partial charge in [-0.3, -0.25) is 14.3 Å². The number of halogens is 3. The monoisotopic (exact) mass is 413 g/mol. The molecule has 1 aliphatic heterocycles. The fourth-order valence-electron chi connectivity index (χ4n) is 3.15. The molecule has 0 saturated carbocycles. The molecule has 0 spiro atoms. The Kier molecular flexibility index (Phi) is 7.66. The van der Waals surface area contributed by atoms with Crippen molar-refractivity contribution in [3.63, 3.8) is 0 Å². The van der Waals surface area contributed by atoms with E-state index in [-0.39, 0.29) is 38.4 Å². The minimum absolute atomic E-state index is 0.112. The number of rotatable bonds is 4. The number of aromatic amines is 1. The first-order valence-corrected chi connectivity index (χ1v) is 9.61. The summed E-state index contributed by atoms with van der Waals surface area (Å²) in [6.45, 7) is 6.08. The van der Waals surface area contributed by atoms with Gasteiger partial charge in [-0.05, 0) is 38.0 Å². The van der Waals surface area contributed by atoms with Crippen LogP contribution in [-0.4, -0.2) is 53.8 Å². The SMILES string of the molecule is CC.Cc1ccc2[nH]c(C(=O)NCC(=O)N3CCC(OC(F)(F)F)CC3)cc2c1. The van der Waals surface area contributed by atoms with Crippen LogP contribution in [0.25, 0.3) is 10.9 Å². The van der Waals surface area contributed by atoms with E-state index in [9.17, 15) is 22.8 Å². The first-order chi connectivity index (χ1) is 13.7. The highest BCUT2D eigenvalue weighted by Gasteiger charge is 2.35. The van der Waals surface area contributed by atoms with Gasteiger partial charge in [-0.2, -0.15) is 0 Å². The molecular formula is C20H26F3N3O3. The number of H-pyrrole nitrogens is 1. The number of nitrogens with zero attached hydrogens (tertiary/aromatic N) is 1. The van der Waals surface area contributed by atoms with E-state index in [1.54, 1.807) is 6.07 Å². The van der Waals surface area contributed by atoms with E-state index in [1.807, 2.05) is 39.0 Å². The van der Waals surface area contributed by atoms with Crippen LogP contribution < -0.4 is 5.32 Å². The van der Waals surface area contributed by atoms with Crippen molar-refractivity contribution in [2.75, 3.05) is 19.6 Å². The zero-order valence-electron chi connectivity index (χ0n) is 16.7. The van der Waals surface area contributed by atoms with Gasteiger partial charge in [-0.1, -0.05) is 25.5 Å². The highest BCUT2D eigenvalue weighted by atomic mass is 19.4. The van der Waals surface area contributed by atoms with Crippen molar-refractivity contribution >= 4 is 22.7 Å². The van der Waals surface area contributed by atoms with Crippen molar-refractivity contribution in [2.24, 2.45) is 0 Å². The second-order valence-electron chi connectivity index (χ2n) is 6.60. The fourth-order valence-corrected chi connectivity index (χ4v) is 3.15. The molecule has 0 radical (unpaired) electrons. The lowest BCUT2D eigenvalue weighted by atomic mass is 10.1. The largest absolute Gasteiger partial charge is 0.522 e. The highest BCUT2D eigenvalue weighted by molar-refractivity contribution is 5.99. The number of ether oxygens (including phenoxy) is 1. The summed E-state index contributed by atoms with van der Waals surface area (Å²) < 4.78 is 40.6. The third-order valence-electron chi connectivity index (χ3n) is 4.52. The average molecular weight is 413 g/mol. The molecule has 1 aliphatic rings. The van der Waals surface area contributed by atoms with E-state index in [1.165, 1.54) is 4.90 Å². The minimum atomic E-state index is -4.66. The Labute approximate surface area is 167 Å². The van der Waals surface area contributed by atoms with E-state index in [2.05, 4.69) is 15.0 Å². The molecule has 2 heterocycles. The number of amides is 2. The predicted molar refractivity (Wildman–Crippen MR) is 103 cm³/mol. The lowest BCUT2D eigenvalue weighted by molar-refractivity contribution is -0.345. The molecule has 2 amide bonds. The number of likely N-dealkylation sites (tertiary alicyclic amines) is 1. The molecule has 3 rings (SSSR count). The van der Waals surface area contributed by atoms with Gasteiger partial charge in [0.05, 0.1) is 12.6 Å². The second kappa shape index (κ2) is 9.78. The third kappa shape index (κ3) is 6.49. The van der Waals surface area contributed by atoms with Crippen LogP contribution in [0.2, 0.25) is 0 Å². The fraction of sp³-hybridized carbons (Fsp3) is 0.500. The second-order valence-corrected chi connectivity index (χ2v) is 6.60. The number of carbonyl (C=O) groups excluding carboxylic acids is 2. The number of hydrogen-bond acceptors (Lipinski definition) is 3. The summed E-state index contributed by atoms with van der Waals surface area (Å²) in [6.07, 6.45) is -5.37. The number of carbonyl (C=O) groups is 2. The molecule has 2 aromatic rings. The van der Waals surface area contributed by atoms with Gasteiger partial charge in [-0.15, -0.1) is 13.2 Å². The summed E-state index contributed by atoms with van der Waals surface area (Å²) >= 11 is 0. The number of piperidine rings is 1. The van der Waals surface area contributed by atoms with Gasteiger partial charge < -0.3 is 15.2 Å². The van der Waals surface area contributed by atoms with Gasteiger partial charge in [-0.25, -0.2) is 0 Å². The van der Waals surface area contributed by atoms with Crippen molar-refractivity contribution < 1.29 is 27.5 Å². The van der Waals surface area contributed by atoms with Gasteiger partial charge in [0.1, 0.15) is 5.69 Å². The molecule has 1 aromatic heterocycles. The van der Waals surface area contributed by atoms with Crippen LogP contribution in [0, 0.1) is 6.92 Å². The van der Waals surface area contributed by atoms with Crippen molar-refractivity contribution in [1.29, 1.82) is 0 Å². The van der Waals surface area contributed by atoms with Gasteiger partial charge in [0, 0.05) is 24.0 Å². The van der Waals surface area contributed by atoms with Gasteiger partial charge in [0.25, 0.3) is 5.91 Å². The van der Waals surface area contributed by atoms with Gasteiger partial charge in [0.2, 0.25) is 5.91 Å². The maximum atomic E-state index is 12.2. The number of fused-ring (bicyclic) bond motifs is 1. The number of aryl methyl sites for hydroxylation is 1. The zero-order valence-corrected chi connectivity index (χ0v) is 16.7. The van der Waals surface area contributed by atoms with Crippen LogP contribution in [0.15, 0.2) is 24.3 Å². The van der Waals surface area contributed by atoms with Crippen LogP contribution >= 0.6 is 0 Å². The molecule has 2 N–H and O–H groups in total. The van der Waals surface area contributed by atoms with Gasteiger partial charge in [0.15, 0.2) is 0 Å². The van der Waals surface area contributed by atoms with Crippen LogP contribution in [0.1, 0.15) is 42.7 Å². The maximum Gasteiger partial charge on any atom is 0.522 e. The normalized spacial score (nSPS) is 15.0. The van der Waals surface area contributed by atoms with E-state index < -0.39 is 18.4 Å². The molecule has 6 nitrogen and oxygen atoms in total. The Morgan fingerprint density at radius 3 is 2.48 bits per heavy atom. The summed E-state index contributed by atoms with van der Waals surface area (Å²) in [7, 11) is 0. The first-order valence-electron chi connectivity index (χ1n) is 9.61. The van der Waals surface area contributed by atoms with Crippen LogP contribution in [0.3, 0.4) is 0 Å². The Morgan fingerprint density at radius 2 is 1.86 bits per heavy atom. The van der Waals surface area contributed by atoms with Crippen LogP contribution in [0.5, 0.6) is 0 Å². The van der Waals surface area contributed by atoms with Crippen molar-refractivity contribution in [3.05, 3.63) is 35.5 Å². The number of aromatic nitrogens is 1. The maximum absolute atomic E-state index is 12.2. The first kappa shape index (κ1) is 22.7. The summed E-state index contributed by atoms with van der Waals surface area (Å²) in [6, 6.07) is 7.46. The zero-order chi connectivity index (χ0) is 21.6. The molecule has 0 aliphatic carbocycles. The molecular weight excluding hydrogens is 387 g/mol. The van der Waals surface area contributed by atoms with Crippen LogP contribution in [-0.2, 0) is 9.53 Å². The molecule has 0 bridgehead atoms. The minimum Gasteiger partial charge on any atom is -0.351 e. The molecule has 0 atom stereocenters. The average Bonchev–Trinajstić information content (AvgIpc) is 3.10. The molecule has 9 heteroatoms. The Bertz CT molecular complexity index is 840. The van der Waals surface area contributed by atoms with Crippen LogP contribution in [0.4, 0.5) is 13.2 Å². The summed E-state index contributed by atoms with van der Waals surface area (Å²) in [5, 5.41) is 3.45. The predicted octanol–water partition coefficient (Wildman–Crippen LogP) is 3.76. The number of benzene rings is 1. The number of alkyl halides is 3. The summed E-state index contributed by atoms with van der Waals surface area (Å²) in [5.41, 5.74) is 2.24. The smallest absolute Gasteiger partial charge is 0.351 e. The molecule has 160 valence electrons. The van der Waals surface area contributed by atoms with Crippen molar-refractivity contribution in [2.45, 2.75) is 46.1 Å². The standard InChI is InChI=1S/C18H20F3N3O3.C2H6/c1-11-2-3-14-12(8-11)9-15(23-14)17(26)22-10-16(25)24-6-4-13(5-7-24)27-18(19,20)21;1-2/h2-3,8-9,13,23H,4-7,10H2,1H3,(H,22,26);1-2H3. The van der Waals surface area contributed by atoms with E-state index in [0.717, 1.165) is 16.5 Å².